The lowest BCUT2D eigenvalue weighted by molar-refractivity contribution is -0.138. The van der Waals surface area contributed by atoms with Crippen LogP contribution in [0.4, 0.5) is 13.2 Å². The minimum atomic E-state index is -4.83. The van der Waals surface area contributed by atoms with Crippen molar-refractivity contribution in [3.05, 3.63) is 28.3 Å². The third-order valence-electron chi connectivity index (χ3n) is 1.88. The van der Waals surface area contributed by atoms with E-state index in [4.69, 9.17) is 27.9 Å². The number of rotatable bonds is 1. The first kappa shape index (κ1) is 14.1. The van der Waals surface area contributed by atoms with Crippen LogP contribution in [0.15, 0.2) is 12.1 Å². The molecule has 0 saturated heterocycles. The molecule has 0 spiro atoms. The van der Waals surface area contributed by atoms with Crippen LogP contribution in [0.25, 0.3) is 0 Å². The van der Waals surface area contributed by atoms with Crippen molar-refractivity contribution in [3.8, 4) is 5.75 Å². The molecule has 0 fully saturated rings. The van der Waals surface area contributed by atoms with E-state index in [0.29, 0.717) is 12.1 Å². The van der Waals surface area contributed by atoms with E-state index in [-0.39, 0.29) is 5.02 Å². The molecular weight excluding hydrogens is 275 g/mol. The van der Waals surface area contributed by atoms with E-state index < -0.39 is 34.9 Å². The maximum Gasteiger partial charge on any atom is 0.419 e. The number of carbonyl (C=O) groups excluding carboxylic acids is 1. The molecule has 1 rings (SSSR count). The number of nitrogens with one attached hydrogen (secondary N) is 2. The molecule has 0 atom stereocenters. The van der Waals surface area contributed by atoms with E-state index in [0.717, 1.165) is 0 Å². The minimum Gasteiger partial charge on any atom is -0.507 e. The van der Waals surface area contributed by atoms with E-state index in [9.17, 15) is 18.0 Å². The summed E-state index contributed by atoms with van der Waals surface area (Å²) < 4.78 is 37.5. The number of aromatic hydroxyl groups is 1. The first-order valence-corrected chi connectivity index (χ1v) is 4.76. The van der Waals surface area contributed by atoms with Gasteiger partial charge >= 0.3 is 6.18 Å². The molecule has 0 heterocycles. The van der Waals surface area contributed by atoms with Crippen LogP contribution < -0.4 is 11.1 Å². The maximum absolute atomic E-state index is 12.5. The molecular formula is C9H7ClF3N3O2. The average Bonchev–Trinajstić information content (AvgIpc) is 2.13. The van der Waals surface area contributed by atoms with E-state index in [1.54, 1.807) is 5.32 Å². The molecule has 0 bridgehead atoms. The average molecular weight is 282 g/mol. The Balaban J connectivity index is 3.29. The number of guanidine groups is 1. The number of phenolic OH excluding ortho intramolecular Hbond substituents is 1. The lowest BCUT2D eigenvalue weighted by Crippen LogP contribution is -2.35. The summed E-state index contributed by atoms with van der Waals surface area (Å²) >= 11 is 5.53. The number of hydrogen-bond donors (Lipinski definition) is 4. The minimum absolute atomic E-state index is 0.385. The number of amides is 1. The molecule has 0 aromatic heterocycles. The first-order valence-electron chi connectivity index (χ1n) is 4.38. The maximum atomic E-state index is 12.5. The Kier molecular flexibility index (Phi) is 3.70. The van der Waals surface area contributed by atoms with Crippen molar-refractivity contribution in [2.45, 2.75) is 6.18 Å². The Labute approximate surface area is 104 Å². The van der Waals surface area contributed by atoms with Crippen molar-refractivity contribution in [1.29, 1.82) is 5.41 Å². The van der Waals surface area contributed by atoms with E-state index in [2.05, 4.69) is 0 Å². The molecule has 0 aliphatic heterocycles. The lowest BCUT2D eigenvalue weighted by atomic mass is 10.1. The molecule has 1 amide bonds. The molecule has 98 valence electrons. The predicted molar refractivity (Wildman–Crippen MR) is 57.5 cm³/mol. The molecule has 5 nitrogen and oxygen atoms in total. The van der Waals surface area contributed by atoms with Gasteiger partial charge in [0.1, 0.15) is 5.75 Å². The van der Waals surface area contributed by atoms with Gasteiger partial charge in [0, 0.05) is 0 Å². The fraction of sp³-hybridized carbons (Fsp3) is 0.111. The predicted octanol–water partition coefficient (Wildman–Crippen LogP) is 1.69. The summed E-state index contributed by atoms with van der Waals surface area (Å²) in [6, 6.07) is 0.982. The van der Waals surface area contributed by atoms with Crippen LogP contribution in [0.5, 0.6) is 5.75 Å². The van der Waals surface area contributed by atoms with Crippen molar-refractivity contribution in [1.82, 2.24) is 5.32 Å². The number of benzene rings is 1. The molecule has 1 aromatic rings. The van der Waals surface area contributed by atoms with Crippen molar-refractivity contribution in [2.75, 3.05) is 0 Å². The van der Waals surface area contributed by atoms with Crippen molar-refractivity contribution < 1.29 is 23.1 Å². The SMILES string of the molecule is N=C(N)NC(=O)c1cc(C(F)(F)F)c(O)cc1Cl. The number of phenols is 1. The highest BCUT2D eigenvalue weighted by molar-refractivity contribution is 6.34. The zero-order valence-corrected chi connectivity index (χ0v) is 9.36. The zero-order chi connectivity index (χ0) is 14.1. The standard InChI is InChI=1S/C9H7ClF3N3O2/c10-5-2-6(17)4(9(11,12)13)1-3(5)7(18)16-8(14)15/h1-2,17H,(H4,14,15,16,18). The number of halogens is 4. The van der Waals surface area contributed by atoms with Crippen LogP contribution in [0.1, 0.15) is 15.9 Å². The Morgan fingerprint density at radius 1 is 1.44 bits per heavy atom. The van der Waals surface area contributed by atoms with Gasteiger partial charge in [0.05, 0.1) is 16.1 Å². The normalized spacial score (nSPS) is 11.1. The van der Waals surface area contributed by atoms with Gasteiger partial charge in [-0.15, -0.1) is 0 Å². The van der Waals surface area contributed by atoms with Crippen LogP contribution in [0, 0.1) is 5.41 Å². The van der Waals surface area contributed by atoms with Crippen molar-refractivity contribution in [2.24, 2.45) is 5.73 Å². The first-order chi connectivity index (χ1) is 8.12. The fourth-order valence-electron chi connectivity index (χ4n) is 1.15. The summed E-state index contributed by atoms with van der Waals surface area (Å²) in [7, 11) is 0. The summed E-state index contributed by atoms with van der Waals surface area (Å²) in [6.07, 6.45) is -4.83. The van der Waals surface area contributed by atoms with Gasteiger partial charge in [0.25, 0.3) is 5.91 Å². The number of nitrogens with two attached hydrogens (primary N) is 1. The van der Waals surface area contributed by atoms with Gasteiger partial charge in [-0.2, -0.15) is 13.2 Å². The molecule has 9 heteroatoms. The second-order valence-electron chi connectivity index (χ2n) is 3.21. The fourth-order valence-corrected chi connectivity index (χ4v) is 1.40. The zero-order valence-electron chi connectivity index (χ0n) is 8.60. The number of hydrogen-bond acceptors (Lipinski definition) is 3. The number of alkyl halides is 3. The molecule has 0 saturated carbocycles. The van der Waals surface area contributed by atoms with Crippen LogP contribution >= 0.6 is 11.6 Å². The third kappa shape index (κ3) is 3.04. The van der Waals surface area contributed by atoms with Gasteiger partial charge in [0.2, 0.25) is 0 Å². The van der Waals surface area contributed by atoms with E-state index >= 15 is 0 Å². The van der Waals surface area contributed by atoms with E-state index in [1.807, 2.05) is 0 Å². The Hall–Kier alpha value is -1.96. The largest absolute Gasteiger partial charge is 0.507 e. The third-order valence-corrected chi connectivity index (χ3v) is 2.20. The smallest absolute Gasteiger partial charge is 0.419 e. The van der Waals surface area contributed by atoms with Gasteiger partial charge < -0.3 is 10.8 Å². The molecule has 0 aliphatic carbocycles. The molecule has 0 radical (unpaired) electrons. The lowest BCUT2D eigenvalue weighted by Gasteiger charge is -2.12. The van der Waals surface area contributed by atoms with Crippen LogP contribution in [-0.4, -0.2) is 17.0 Å². The van der Waals surface area contributed by atoms with Gasteiger partial charge in [-0.3, -0.25) is 15.5 Å². The topological polar surface area (TPSA) is 99.2 Å². The molecule has 5 N–H and O–H groups in total. The van der Waals surface area contributed by atoms with Crippen LogP contribution in [0.3, 0.4) is 0 Å². The van der Waals surface area contributed by atoms with Crippen LogP contribution in [0.2, 0.25) is 5.02 Å². The van der Waals surface area contributed by atoms with Gasteiger partial charge in [-0.25, -0.2) is 0 Å². The molecule has 1 aromatic carbocycles. The summed E-state index contributed by atoms with van der Waals surface area (Å²) in [5.74, 6) is -2.90. The highest BCUT2D eigenvalue weighted by Gasteiger charge is 2.35. The quantitative estimate of drug-likeness (QED) is 0.465. The summed E-state index contributed by atoms with van der Waals surface area (Å²) in [5.41, 5.74) is 2.92. The summed E-state index contributed by atoms with van der Waals surface area (Å²) in [4.78, 5) is 11.4. The Bertz CT molecular complexity index is 517. The van der Waals surface area contributed by atoms with Gasteiger partial charge in [-0.05, 0) is 12.1 Å². The highest BCUT2D eigenvalue weighted by Crippen LogP contribution is 2.38. The Morgan fingerprint density at radius 3 is 2.44 bits per heavy atom. The van der Waals surface area contributed by atoms with Gasteiger partial charge in [-0.1, -0.05) is 11.6 Å². The monoisotopic (exact) mass is 281 g/mol. The summed E-state index contributed by atoms with van der Waals surface area (Å²) in [5, 5.41) is 17.3. The summed E-state index contributed by atoms with van der Waals surface area (Å²) in [6.45, 7) is 0. The number of carbonyl (C=O) groups is 1. The van der Waals surface area contributed by atoms with Crippen molar-refractivity contribution >= 4 is 23.5 Å². The van der Waals surface area contributed by atoms with Gasteiger partial charge in [0.15, 0.2) is 5.96 Å². The molecule has 0 aliphatic rings. The van der Waals surface area contributed by atoms with Crippen molar-refractivity contribution in [3.63, 3.8) is 0 Å². The van der Waals surface area contributed by atoms with E-state index in [1.165, 1.54) is 0 Å². The van der Waals surface area contributed by atoms with Crippen LogP contribution in [-0.2, 0) is 6.18 Å². The Morgan fingerprint density at radius 2 is 2.00 bits per heavy atom. The molecule has 0 unspecified atom stereocenters. The highest BCUT2D eigenvalue weighted by atomic mass is 35.5. The second-order valence-corrected chi connectivity index (χ2v) is 3.62. The molecule has 18 heavy (non-hydrogen) atoms. The second kappa shape index (κ2) is 4.73.